The van der Waals surface area contributed by atoms with Crippen LogP contribution in [-0.2, 0) is 22.6 Å². The van der Waals surface area contributed by atoms with E-state index in [-0.39, 0.29) is 31.3 Å². The first-order valence-electron chi connectivity index (χ1n) is 11.7. The van der Waals surface area contributed by atoms with Gasteiger partial charge in [-0.25, -0.2) is 0 Å². The van der Waals surface area contributed by atoms with Crippen molar-refractivity contribution in [3.63, 3.8) is 0 Å². The lowest BCUT2D eigenvalue weighted by Gasteiger charge is -2.41. The first kappa shape index (κ1) is 24.9. The van der Waals surface area contributed by atoms with Gasteiger partial charge in [-0.2, -0.15) is 11.8 Å². The maximum absolute atomic E-state index is 9.40. The molecule has 1 aliphatic heterocycles. The first-order valence-corrected chi connectivity index (χ1v) is 12.9. The minimum absolute atomic E-state index is 0.0181. The summed E-state index contributed by atoms with van der Waals surface area (Å²) < 4.78 is 12.9. The van der Waals surface area contributed by atoms with Crippen molar-refractivity contribution in [2.75, 3.05) is 18.1 Å². The highest BCUT2D eigenvalue weighted by atomic mass is 32.2. The summed E-state index contributed by atoms with van der Waals surface area (Å²) in [5.74, 6) is 1.61. The normalized spacial score (nSPS) is 22.6. The number of rotatable bonds is 9. The van der Waals surface area contributed by atoms with E-state index in [1.165, 1.54) is 0 Å². The van der Waals surface area contributed by atoms with Gasteiger partial charge in [0.2, 0.25) is 0 Å². The molecule has 0 bridgehead atoms. The Morgan fingerprint density at radius 3 is 2.26 bits per heavy atom. The van der Waals surface area contributed by atoms with Crippen molar-refractivity contribution >= 4 is 11.8 Å². The van der Waals surface area contributed by atoms with Crippen molar-refractivity contribution < 1.29 is 19.7 Å². The van der Waals surface area contributed by atoms with Gasteiger partial charge in [-0.3, -0.25) is 0 Å². The molecule has 0 aliphatic carbocycles. The monoisotopic (exact) mass is 479 g/mol. The molecule has 3 aromatic rings. The Morgan fingerprint density at radius 2 is 1.59 bits per heavy atom. The van der Waals surface area contributed by atoms with E-state index in [2.05, 4.69) is 43.3 Å². The predicted molar refractivity (Wildman–Crippen MR) is 137 cm³/mol. The van der Waals surface area contributed by atoms with Gasteiger partial charge < -0.3 is 25.4 Å². The van der Waals surface area contributed by atoms with E-state index in [1.807, 2.05) is 36.4 Å². The molecule has 0 spiro atoms. The van der Waals surface area contributed by atoms with Crippen molar-refractivity contribution in [1.29, 1.82) is 0 Å². The molecule has 1 aliphatic rings. The zero-order valence-electron chi connectivity index (χ0n) is 19.5. The number of aliphatic hydroxyl groups is 2. The maximum atomic E-state index is 9.40. The predicted octanol–water partition coefficient (Wildman–Crippen LogP) is 4.82. The Balaban J connectivity index is 1.59. The van der Waals surface area contributed by atoms with Gasteiger partial charge in [-0.15, -0.1) is 0 Å². The van der Waals surface area contributed by atoms with Crippen LogP contribution in [0.15, 0.2) is 72.8 Å². The third kappa shape index (κ3) is 5.71. The van der Waals surface area contributed by atoms with Crippen LogP contribution in [-0.4, -0.2) is 34.4 Å². The molecule has 4 atom stereocenters. The highest BCUT2D eigenvalue weighted by Crippen LogP contribution is 2.42. The van der Waals surface area contributed by atoms with Crippen LogP contribution in [0.5, 0.6) is 0 Å². The highest BCUT2D eigenvalue weighted by molar-refractivity contribution is 7.99. The van der Waals surface area contributed by atoms with Gasteiger partial charge >= 0.3 is 0 Å². The quantitative estimate of drug-likeness (QED) is 0.382. The molecule has 0 amide bonds. The molecule has 0 saturated carbocycles. The standard InChI is InChI=1S/C28H33NO4S/c1-19-26(18-34-15-14-30)32-28(33-27(19)22-8-6-20(17-31)7-9-22)23-12-10-21(11-13-23)25-5-3-2-4-24(25)16-29/h2-13,19,26-28,30-31H,14-18,29H2,1H3. The third-order valence-electron chi connectivity index (χ3n) is 6.37. The van der Waals surface area contributed by atoms with Crippen LogP contribution in [0.25, 0.3) is 11.1 Å². The molecule has 0 radical (unpaired) electrons. The van der Waals surface area contributed by atoms with Crippen LogP contribution < -0.4 is 5.73 Å². The number of thioether (sulfide) groups is 1. The number of hydrogen-bond donors (Lipinski definition) is 3. The third-order valence-corrected chi connectivity index (χ3v) is 7.41. The van der Waals surface area contributed by atoms with Crippen molar-refractivity contribution in [3.8, 4) is 11.1 Å². The van der Waals surface area contributed by atoms with Crippen molar-refractivity contribution in [2.24, 2.45) is 11.7 Å². The summed E-state index contributed by atoms with van der Waals surface area (Å²) >= 11 is 1.69. The minimum Gasteiger partial charge on any atom is -0.396 e. The van der Waals surface area contributed by atoms with E-state index < -0.39 is 6.29 Å². The largest absolute Gasteiger partial charge is 0.396 e. The summed E-state index contributed by atoms with van der Waals surface area (Å²) in [7, 11) is 0. The Kier molecular flexibility index (Phi) is 8.78. The van der Waals surface area contributed by atoms with Crippen molar-refractivity contribution in [2.45, 2.75) is 38.6 Å². The second-order valence-corrected chi connectivity index (χ2v) is 9.75. The molecule has 1 heterocycles. The molecule has 4 rings (SSSR count). The molecular weight excluding hydrogens is 446 g/mol. The summed E-state index contributed by atoms with van der Waals surface area (Å²) in [5.41, 5.74) is 12.2. The molecule has 4 unspecified atom stereocenters. The molecule has 5 nitrogen and oxygen atoms in total. The van der Waals surface area contributed by atoms with Crippen LogP contribution in [0.2, 0.25) is 0 Å². The SMILES string of the molecule is CC1C(CSCCO)OC(c2ccc(-c3ccccc3CN)cc2)OC1c1ccc(CO)cc1. The summed E-state index contributed by atoms with van der Waals surface area (Å²) in [4.78, 5) is 0. The average Bonchev–Trinajstić information content (AvgIpc) is 2.90. The topological polar surface area (TPSA) is 84.9 Å². The van der Waals surface area contributed by atoms with Crippen LogP contribution in [0.4, 0.5) is 0 Å². The molecule has 6 heteroatoms. The summed E-state index contributed by atoms with van der Waals surface area (Å²) in [6.45, 7) is 2.82. The summed E-state index contributed by atoms with van der Waals surface area (Å²) in [5, 5.41) is 18.6. The van der Waals surface area contributed by atoms with E-state index in [0.29, 0.717) is 12.3 Å². The van der Waals surface area contributed by atoms with E-state index >= 15 is 0 Å². The Morgan fingerprint density at radius 1 is 0.882 bits per heavy atom. The summed E-state index contributed by atoms with van der Waals surface area (Å²) in [6, 6.07) is 24.4. The molecule has 180 valence electrons. The van der Waals surface area contributed by atoms with Gasteiger partial charge in [-0.05, 0) is 27.8 Å². The van der Waals surface area contributed by atoms with Gasteiger partial charge in [0.05, 0.1) is 25.4 Å². The van der Waals surface area contributed by atoms with Gasteiger partial charge in [0, 0.05) is 29.5 Å². The van der Waals surface area contributed by atoms with Gasteiger partial charge in [0.15, 0.2) is 6.29 Å². The number of hydrogen-bond acceptors (Lipinski definition) is 6. The first-order chi connectivity index (χ1) is 16.6. The van der Waals surface area contributed by atoms with E-state index in [4.69, 9.17) is 15.2 Å². The fourth-order valence-corrected chi connectivity index (χ4v) is 5.28. The fraction of sp³-hybridized carbons (Fsp3) is 0.357. The Bertz CT molecular complexity index is 1040. The molecular formula is C28H33NO4S. The minimum atomic E-state index is -0.489. The zero-order chi connectivity index (χ0) is 23.9. The number of nitrogens with two attached hydrogens (primary N) is 1. The lowest BCUT2D eigenvalue weighted by atomic mass is 9.91. The lowest BCUT2D eigenvalue weighted by Crippen LogP contribution is -2.38. The highest BCUT2D eigenvalue weighted by Gasteiger charge is 2.38. The van der Waals surface area contributed by atoms with E-state index in [9.17, 15) is 10.2 Å². The lowest BCUT2D eigenvalue weighted by molar-refractivity contribution is -0.268. The smallest absolute Gasteiger partial charge is 0.184 e. The van der Waals surface area contributed by atoms with Crippen LogP contribution in [0.1, 0.15) is 41.6 Å². The van der Waals surface area contributed by atoms with Crippen LogP contribution in [0.3, 0.4) is 0 Å². The van der Waals surface area contributed by atoms with Crippen LogP contribution >= 0.6 is 11.8 Å². The van der Waals surface area contributed by atoms with E-state index in [0.717, 1.165) is 39.1 Å². The second kappa shape index (κ2) is 12.0. The summed E-state index contributed by atoms with van der Waals surface area (Å²) in [6.07, 6.45) is -0.642. The molecule has 1 saturated heterocycles. The van der Waals surface area contributed by atoms with Crippen LogP contribution in [0, 0.1) is 5.92 Å². The van der Waals surface area contributed by atoms with E-state index in [1.54, 1.807) is 11.8 Å². The van der Waals surface area contributed by atoms with Crippen molar-refractivity contribution in [3.05, 3.63) is 95.1 Å². The Labute approximate surface area is 205 Å². The number of ether oxygens (including phenoxy) is 2. The molecule has 3 aromatic carbocycles. The van der Waals surface area contributed by atoms with Gasteiger partial charge in [0.1, 0.15) is 0 Å². The van der Waals surface area contributed by atoms with Crippen molar-refractivity contribution in [1.82, 2.24) is 0 Å². The van der Waals surface area contributed by atoms with Gasteiger partial charge in [-0.1, -0.05) is 79.7 Å². The Hall–Kier alpha value is -2.19. The number of aliphatic hydroxyl groups excluding tert-OH is 2. The zero-order valence-corrected chi connectivity index (χ0v) is 20.3. The molecule has 34 heavy (non-hydrogen) atoms. The second-order valence-electron chi connectivity index (χ2n) is 8.60. The average molecular weight is 480 g/mol. The fourth-order valence-electron chi connectivity index (χ4n) is 4.37. The molecule has 1 fully saturated rings. The molecule has 4 N–H and O–H groups in total. The molecule has 0 aromatic heterocycles. The van der Waals surface area contributed by atoms with Gasteiger partial charge in [0.25, 0.3) is 0 Å². The maximum Gasteiger partial charge on any atom is 0.184 e. The number of benzene rings is 3.